The van der Waals surface area contributed by atoms with Gasteiger partial charge in [-0.3, -0.25) is 14.5 Å². The van der Waals surface area contributed by atoms with Crippen LogP contribution in [0.4, 0.5) is 0 Å². The van der Waals surface area contributed by atoms with Gasteiger partial charge in [0, 0.05) is 57.8 Å². The average Bonchev–Trinajstić information content (AvgIpc) is 2.84. The maximum atomic E-state index is 13.3. The Balaban J connectivity index is 1.48. The molecule has 1 aromatic carbocycles. The number of piperidine rings is 1. The van der Waals surface area contributed by atoms with Crippen molar-refractivity contribution in [3.8, 4) is 5.75 Å². The lowest BCUT2D eigenvalue weighted by Crippen LogP contribution is -2.50. The molecule has 2 fully saturated rings. The van der Waals surface area contributed by atoms with Crippen LogP contribution in [0.15, 0.2) is 36.4 Å². The van der Waals surface area contributed by atoms with Crippen molar-refractivity contribution in [2.45, 2.75) is 32.7 Å². The van der Waals surface area contributed by atoms with E-state index in [0.29, 0.717) is 32.7 Å². The molecule has 0 aromatic heterocycles. The van der Waals surface area contributed by atoms with Crippen molar-refractivity contribution in [3.63, 3.8) is 0 Å². The maximum absolute atomic E-state index is 13.3. The van der Waals surface area contributed by atoms with E-state index in [0.717, 1.165) is 63.4 Å². The predicted molar refractivity (Wildman–Crippen MR) is 134 cm³/mol. The van der Waals surface area contributed by atoms with Crippen molar-refractivity contribution in [2.24, 2.45) is 11.8 Å². The number of rotatable bonds is 4. The number of piperazine rings is 1. The minimum atomic E-state index is 0.174. The fourth-order valence-electron chi connectivity index (χ4n) is 5.34. The molecule has 7 heteroatoms. The summed E-state index contributed by atoms with van der Waals surface area (Å²) in [7, 11) is 2.11. The summed E-state index contributed by atoms with van der Waals surface area (Å²) in [6, 6.07) is 8.12. The number of benzene rings is 1. The number of ether oxygens (including phenoxy) is 1. The maximum Gasteiger partial charge on any atom is 0.236 e. The molecule has 3 heterocycles. The Morgan fingerprint density at radius 1 is 1.09 bits per heavy atom. The Kier molecular flexibility index (Phi) is 8.62. The Hall–Kier alpha value is -2.38. The van der Waals surface area contributed by atoms with Gasteiger partial charge in [-0.2, -0.15) is 0 Å². The van der Waals surface area contributed by atoms with Gasteiger partial charge in [-0.25, -0.2) is 0 Å². The number of para-hydroxylation sites is 1. The zero-order valence-corrected chi connectivity index (χ0v) is 20.8. The minimum absolute atomic E-state index is 0.174. The molecule has 4 rings (SSSR count). The number of carbonyl (C=O) groups is 2. The Bertz CT molecular complexity index is 865. The topological polar surface area (TPSA) is 56.3 Å². The van der Waals surface area contributed by atoms with Gasteiger partial charge in [0.1, 0.15) is 12.4 Å². The van der Waals surface area contributed by atoms with E-state index >= 15 is 0 Å². The molecule has 1 aromatic rings. The summed E-state index contributed by atoms with van der Waals surface area (Å²) in [5.74, 6) is 1.76. The van der Waals surface area contributed by atoms with Gasteiger partial charge in [0.15, 0.2) is 0 Å². The van der Waals surface area contributed by atoms with Gasteiger partial charge in [0.2, 0.25) is 11.8 Å². The first-order valence-electron chi connectivity index (χ1n) is 12.9. The second-order valence-corrected chi connectivity index (χ2v) is 10.00. The van der Waals surface area contributed by atoms with Crippen molar-refractivity contribution in [2.75, 3.05) is 66.0 Å². The van der Waals surface area contributed by atoms with E-state index in [-0.39, 0.29) is 23.7 Å². The van der Waals surface area contributed by atoms with Gasteiger partial charge >= 0.3 is 0 Å². The SMILES string of the molecule is CCCN1CC(=O)N2CC[C@@H](CC(=O)N3CCN(C)CC3)[C@@H](/C=C/COc3ccccc3C1)C2. The lowest BCUT2D eigenvalue weighted by atomic mass is 9.82. The lowest BCUT2D eigenvalue weighted by Gasteiger charge is -2.39. The number of nitrogens with zero attached hydrogens (tertiary/aromatic N) is 4. The van der Waals surface area contributed by atoms with E-state index in [1.54, 1.807) is 0 Å². The van der Waals surface area contributed by atoms with E-state index in [4.69, 9.17) is 4.74 Å². The summed E-state index contributed by atoms with van der Waals surface area (Å²) in [5, 5.41) is 0. The van der Waals surface area contributed by atoms with Crippen LogP contribution >= 0.6 is 0 Å². The van der Waals surface area contributed by atoms with E-state index in [9.17, 15) is 9.59 Å². The van der Waals surface area contributed by atoms with Crippen LogP contribution in [0, 0.1) is 11.8 Å². The van der Waals surface area contributed by atoms with E-state index in [1.807, 2.05) is 28.0 Å². The van der Waals surface area contributed by atoms with Gasteiger partial charge in [-0.05, 0) is 44.3 Å². The standard InChI is InChI=1S/C27H40N4O3/c1-3-11-29-19-24-7-4-5-9-25(24)34-17-6-8-23-20-31(27(33)21-29)12-10-22(23)18-26(32)30-15-13-28(2)14-16-30/h4-9,22-23H,3,10-21H2,1-2H3/b8-6+/t22-,23-/m0/s1. The molecular weight excluding hydrogens is 428 g/mol. The normalized spacial score (nSPS) is 26.0. The second kappa shape index (κ2) is 11.8. The van der Waals surface area contributed by atoms with Gasteiger partial charge in [-0.15, -0.1) is 0 Å². The number of fused-ring (bicyclic) bond motifs is 3. The van der Waals surface area contributed by atoms with Gasteiger partial charge in [0.25, 0.3) is 0 Å². The van der Waals surface area contributed by atoms with Crippen LogP contribution in [0.1, 0.15) is 31.7 Å². The van der Waals surface area contributed by atoms with Crippen LogP contribution in [0.3, 0.4) is 0 Å². The molecule has 0 unspecified atom stereocenters. The van der Waals surface area contributed by atoms with Crippen LogP contribution < -0.4 is 4.74 Å². The van der Waals surface area contributed by atoms with Crippen LogP contribution in [-0.2, 0) is 16.1 Å². The smallest absolute Gasteiger partial charge is 0.236 e. The van der Waals surface area contributed by atoms with E-state index in [2.05, 4.69) is 42.0 Å². The molecule has 34 heavy (non-hydrogen) atoms. The summed E-state index contributed by atoms with van der Waals surface area (Å²) < 4.78 is 6.12. The highest BCUT2D eigenvalue weighted by atomic mass is 16.5. The molecule has 7 nitrogen and oxygen atoms in total. The number of carbonyl (C=O) groups excluding carboxylic acids is 2. The summed E-state index contributed by atoms with van der Waals surface area (Å²) in [4.78, 5) is 34.9. The Morgan fingerprint density at radius 3 is 2.68 bits per heavy atom. The van der Waals surface area contributed by atoms with Gasteiger partial charge in [-0.1, -0.05) is 37.3 Å². The highest BCUT2D eigenvalue weighted by Gasteiger charge is 2.33. The first-order valence-corrected chi connectivity index (χ1v) is 12.9. The van der Waals surface area contributed by atoms with Crippen LogP contribution in [0.2, 0.25) is 0 Å². The lowest BCUT2D eigenvalue weighted by molar-refractivity contribution is -0.136. The number of amides is 2. The molecule has 2 atom stereocenters. The van der Waals surface area contributed by atoms with Gasteiger partial charge < -0.3 is 19.4 Å². The second-order valence-electron chi connectivity index (χ2n) is 10.00. The van der Waals surface area contributed by atoms with Crippen molar-refractivity contribution >= 4 is 11.8 Å². The molecular formula is C27H40N4O3. The monoisotopic (exact) mass is 468 g/mol. The zero-order valence-electron chi connectivity index (χ0n) is 20.8. The largest absolute Gasteiger partial charge is 0.489 e. The highest BCUT2D eigenvalue weighted by molar-refractivity contribution is 5.79. The van der Waals surface area contributed by atoms with Crippen LogP contribution in [0.25, 0.3) is 0 Å². The van der Waals surface area contributed by atoms with E-state index < -0.39 is 0 Å². The van der Waals surface area contributed by atoms with E-state index in [1.165, 1.54) is 0 Å². The molecule has 0 saturated carbocycles. The van der Waals surface area contributed by atoms with Crippen molar-refractivity contribution in [1.29, 1.82) is 0 Å². The third kappa shape index (κ3) is 6.39. The Morgan fingerprint density at radius 2 is 1.88 bits per heavy atom. The summed E-state index contributed by atoms with van der Waals surface area (Å²) in [6.45, 7) is 9.57. The van der Waals surface area contributed by atoms with Crippen LogP contribution in [-0.4, -0.2) is 97.4 Å². The van der Waals surface area contributed by atoms with Crippen molar-refractivity contribution in [3.05, 3.63) is 42.0 Å². The molecule has 2 saturated heterocycles. The molecule has 0 radical (unpaired) electrons. The molecule has 0 spiro atoms. The first-order chi connectivity index (χ1) is 16.5. The fourth-order valence-corrected chi connectivity index (χ4v) is 5.34. The number of hydrogen-bond acceptors (Lipinski definition) is 5. The highest BCUT2D eigenvalue weighted by Crippen LogP contribution is 2.29. The number of hydrogen-bond donors (Lipinski definition) is 0. The fraction of sp³-hybridized carbons (Fsp3) is 0.630. The van der Waals surface area contributed by atoms with Gasteiger partial charge in [0.05, 0.1) is 6.54 Å². The molecule has 186 valence electrons. The quantitative estimate of drug-likeness (QED) is 0.636. The molecule has 3 aliphatic rings. The molecule has 0 aliphatic carbocycles. The molecule has 2 amide bonds. The summed E-state index contributed by atoms with van der Waals surface area (Å²) >= 11 is 0. The van der Waals surface area contributed by atoms with Crippen molar-refractivity contribution < 1.29 is 14.3 Å². The molecule has 0 N–H and O–H groups in total. The Labute approximate surface area is 204 Å². The minimum Gasteiger partial charge on any atom is -0.489 e. The zero-order chi connectivity index (χ0) is 23.9. The van der Waals surface area contributed by atoms with Crippen molar-refractivity contribution in [1.82, 2.24) is 19.6 Å². The third-order valence-corrected chi connectivity index (χ3v) is 7.44. The third-order valence-electron chi connectivity index (χ3n) is 7.44. The summed E-state index contributed by atoms with van der Waals surface area (Å²) in [5.41, 5.74) is 1.12. The average molecular weight is 469 g/mol. The summed E-state index contributed by atoms with van der Waals surface area (Å²) in [6.07, 6.45) is 6.69. The molecule has 2 bridgehead atoms. The predicted octanol–water partition coefficient (Wildman–Crippen LogP) is 2.48. The number of likely N-dealkylation sites (N-methyl/N-ethyl adjacent to an activating group) is 1. The molecule has 3 aliphatic heterocycles. The first kappa shape index (κ1) is 24.7. The van der Waals surface area contributed by atoms with Crippen LogP contribution in [0.5, 0.6) is 5.75 Å².